The van der Waals surface area contributed by atoms with E-state index in [1.807, 2.05) is 0 Å². The third-order valence-corrected chi connectivity index (χ3v) is 7.90. The van der Waals surface area contributed by atoms with Crippen LogP contribution in [0.3, 0.4) is 0 Å². The Morgan fingerprint density at radius 2 is 1.59 bits per heavy atom. The molecule has 2 aromatic carbocycles. The zero-order valence-corrected chi connectivity index (χ0v) is 23.9. The van der Waals surface area contributed by atoms with E-state index in [0.29, 0.717) is 16.9 Å². The Hall–Kier alpha value is -3.31. The molecule has 44 heavy (non-hydrogen) atoms. The number of phenols is 1. The first-order valence-corrected chi connectivity index (χ1v) is 14.0. The van der Waals surface area contributed by atoms with E-state index in [-0.39, 0.29) is 17.9 Å². The Bertz CT molecular complexity index is 1330. The first-order chi connectivity index (χ1) is 21.0. The maximum absolute atomic E-state index is 12.4. The fourth-order valence-electron chi connectivity index (χ4n) is 5.37. The molecular weight excluding hydrogens is 584 g/mol. The summed E-state index contributed by atoms with van der Waals surface area (Å²) >= 11 is 0. The molecule has 7 N–H and O–H groups in total. The van der Waals surface area contributed by atoms with Crippen LogP contribution < -0.4 is 9.47 Å². The molecule has 3 heterocycles. The van der Waals surface area contributed by atoms with E-state index in [0.717, 1.165) is 5.56 Å². The third kappa shape index (κ3) is 6.54. The molecule has 3 aliphatic heterocycles. The number of hydrogen-bond acceptors (Lipinski definition) is 14. The molecule has 14 heteroatoms. The Balaban J connectivity index is 1.47. The van der Waals surface area contributed by atoms with Crippen LogP contribution in [-0.4, -0.2) is 123 Å². The van der Waals surface area contributed by atoms with E-state index in [4.69, 9.17) is 28.4 Å². The molecule has 11 atom stereocenters. The van der Waals surface area contributed by atoms with Crippen molar-refractivity contribution in [2.75, 3.05) is 13.7 Å². The number of rotatable bonds is 9. The second-order valence-corrected chi connectivity index (χ2v) is 10.9. The molecule has 0 amide bonds. The molecule has 3 aliphatic rings. The lowest BCUT2D eigenvalue weighted by atomic mass is 9.95. The van der Waals surface area contributed by atoms with Gasteiger partial charge in [0.15, 0.2) is 12.4 Å². The van der Waals surface area contributed by atoms with Crippen molar-refractivity contribution < 1.29 is 69.0 Å². The van der Waals surface area contributed by atoms with E-state index in [2.05, 4.69) is 0 Å². The number of hydrogen-bond donors (Lipinski definition) is 7. The van der Waals surface area contributed by atoms with Crippen molar-refractivity contribution in [2.45, 2.75) is 80.9 Å². The molecule has 0 aromatic heterocycles. The first kappa shape index (κ1) is 32.1. The lowest BCUT2D eigenvalue weighted by Crippen LogP contribution is -2.64. The molecule has 0 spiro atoms. The molecule has 0 saturated carbocycles. The van der Waals surface area contributed by atoms with Crippen molar-refractivity contribution in [1.29, 1.82) is 0 Å². The molecule has 5 rings (SSSR count). The highest BCUT2D eigenvalue weighted by Gasteiger charge is 2.51. The van der Waals surface area contributed by atoms with Crippen LogP contribution in [0.15, 0.2) is 48.5 Å². The van der Waals surface area contributed by atoms with Crippen LogP contribution in [0, 0.1) is 0 Å². The third-order valence-electron chi connectivity index (χ3n) is 7.90. The fraction of sp³-hybridized carbons (Fsp3) is 0.500. The molecule has 2 saturated heterocycles. The van der Waals surface area contributed by atoms with E-state index < -0.39 is 80.1 Å². The van der Waals surface area contributed by atoms with Crippen LogP contribution in [0.4, 0.5) is 0 Å². The largest absolute Gasteiger partial charge is 0.508 e. The molecule has 0 unspecified atom stereocenters. The van der Waals surface area contributed by atoms with Gasteiger partial charge in [0, 0.05) is 29.7 Å². The predicted octanol–water partition coefficient (Wildman–Crippen LogP) is -1.02. The minimum Gasteiger partial charge on any atom is -0.508 e. The second-order valence-electron chi connectivity index (χ2n) is 10.9. The number of ether oxygens (including phenoxy) is 6. The zero-order valence-electron chi connectivity index (χ0n) is 23.9. The summed E-state index contributed by atoms with van der Waals surface area (Å²) in [6.45, 7) is 0.757. The number of benzene rings is 2. The Kier molecular flexibility index (Phi) is 9.74. The maximum atomic E-state index is 12.4. The topological polar surface area (TPSA) is 214 Å². The summed E-state index contributed by atoms with van der Waals surface area (Å²) < 4.78 is 34.3. The van der Waals surface area contributed by atoms with E-state index in [1.54, 1.807) is 24.3 Å². The maximum Gasteiger partial charge on any atom is 0.331 e. The molecule has 0 aliphatic carbocycles. The van der Waals surface area contributed by atoms with Gasteiger partial charge in [-0.3, -0.25) is 0 Å². The van der Waals surface area contributed by atoms with Crippen molar-refractivity contribution in [1.82, 2.24) is 0 Å². The SMILES string of the molecule is COc1ccc(C2=CC(=O)O[C@@H]2Cc2ccc(O)cc2)c(O[C@@H]2O[C@H](CO)[C@@H](O)[C@H](O)[C@H]2O[C@@H]2O[C@@H](C)[C@H](O)[C@@H](O)[C@H]2O)c1. The number of carbonyl (C=O) groups excluding carboxylic acids is 1. The Morgan fingerprint density at radius 3 is 2.27 bits per heavy atom. The number of phenolic OH excluding ortho intramolecular Hbond substituents is 1. The number of aromatic hydroxyl groups is 1. The predicted molar refractivity (Wildman–Crippen MR) is 148 cm³/mol. The number of methoxy groups -OCH3 is 1. The molecule has 240 valence electrons. The van der Waals surface area contributed by atoms with E-state index in [9.17, 15) is 40.5 Å². The van der Waals surface area contributed by atoms with Crippen LogP contribution in [0.25, 0.3) is 5.57 Å². The quantitative estimate of drug-likeness (QED) is 0.167. The van der Waals surface area contributed by atoms with Gasteiger partial charge in [-0.25, -0.2) is 4.79 Å². The van der Waals surface area contributed by atoms with Crippen LogP contribution in [0.5, 0.6) is 17.2 Å². The monoisotopic (exact) mass is 620 g/mol. The summed E-state index contributed by atoms with van der Waals surface area (Å²) in [6.07, 6.45) is -14.2. The second kappa shape index (κ2) is 13.4. The van der Waals surface area contributed by atoms with Gasteiger partial charge >= 0.3 is 5.97 Å². The number of aliphatic hydroxyl groups is 6. The van der Waals surface area contributed by atoms with Gasteiger partial charge in [0.2, 0.25) is 6.29 Å². The van der Waals surface area contributed by atoms with Crippen molar-refractivity contribution in [3.05, 3.63) is 59.7 Å². The Labute approximate surface area is 252 Å². The molecule has 2 fully saturated rings. The fourth-order valence-corrected chi connectivity index (χ4v) is 5.37. The average molecular weight is 621 g/mol. The van der Waals surface area contributed by atoms with Gasteiger partial charge in [-0.05, 0) is 36.8 Å². The van der Waals surface area contributed by atoms with Crippen molar-refractivity contribution in [3.63, 3.8) is 0 Å². The number of aliphatic hydroxyl groups excluding tert-OH is 6. The summed E-state index contributed by atoms with van der Waals surface area (Å²) in [5.41, 5.74) is 1.62. The minimum atomic E-state index is -1.73. The molecular formula is C30H36O14. The average Bonchev–Trinajstić information content (AvgIpc) is 3.38. The number of carbonyl (C=O) groups is 1. The van der Waals surface area contributed by atoms with Crippen LogP contribution in [0.2, 0.25) is 0 Å². The van der Waals surface area contributed by atoms with Gasteiger partial charge in [0.25, 0.3) is 0 Å². The van der Waals surface area contributed by atoms with Crippen molar-refractivity contribution in [2.24, 2.45) is 0 Å². The minimum absolute atomic E-state index is 0.0859. The lowest BCUT2D eigenvalue weighted by molar-refractivity contribution is -0.354. The normalized spacial score (nSPS) is 35.6. The van der Waals surface area contributed by atoms with E-state index in [1.165, 1.54) is 38.3 Å². The standard InChI is InChI=1S/C30H36O14/c1-13-23(34)25(36)27(38)29(40-13)44-28-26(37)24(35)21(12-31)43-30(28)42-20-10-16(39-2)7-8-17(20)18-11-22(33)41-19(18)9-14-3-5-15(32)6-4-14/h3-8,10-11,13,19,21,23-32,34-38H,9,12H2,1-2H3/t13-,19+,21+,23-,24+,25+,26-,27+,28+,29-,30+/m0/s1. The molecule has 2 aromatic rings. The van der Waals surface area contributed by atoms with E-state index >= 15 is 0 Å². The van der Waals surface area contributed by atoms with Crippen LogP contribution in [0.1, 0.15) is 18.1 Å². The van der Waals surface area contributed by atoms with Crippen molar-refractivity contribution in [3.8, 4) is 17.2 Å². The highest BCUT2D eigenvalue weighted by molar-refractivity contribution is 5.98. The lowest BCUT2D eigenvalue weighted by Gasteiger charge is -2.45. The summed E-state index contributed by atoms with van der Waals surface area (Å²) in [4.78, 5) is 12.4. The van der Waals surface area contributed by atoms with Crippen molar-refractivity contribution >= 4 is 11.5 Å². The van der Waals surface area contributed by atoms with Gasteiger partial charge in [-0.1, -0.05) is 12.1 Å². The summed E-state index contributed by atoms with van der Waals surface area (Å²) in [7, 11) is 1.43. The molecule has 14 nitrogen and oxygen atoms in total. The summed E-state index contributed by atoms with van der Waals surface area (Å²) in [6, 6.07) is 11.2. The number of cyclic esters (lactones) is 1. The zero-order chi connectivity index (χ0) is 31.7. The van der Waals surface area contributed by atoms with Gasteiger partial charge < -0.3 is 64.2 Å². The summed E-state index contributed by atoms with van der Waals surface area (Å²) in [5, 5.41) is 71.9. The summed E-state index contributed by atoms with van der Waals surface area (Å²) in [5.74, 6) is -0.0488. The van der Waals surface area contributed by atoms with Gasteiger partial charge in [-0.15, -0.1) is 0 Å². The molecule has 0 bridgehead atoms. The van der Waals surface area contributed by atoms with Gasteiger partial charge in [0.1, 0.15) is 60.0 Å². The van der Waals surface area contributed by atoms with Crippen LogP contribution >= 0.6 is 0 Å². The molecule has 0 radical (unpaired) electrons. The van der Waals surface area contributed by atoms with Gasteiger partial charge in [-0.2, -0.15) is 0 Å². The Morgan fingerprint density at radius 1 is 0.864 bits per heavy atom. The highest BCUT2D eigenvalue weighted by atomic mass is 16.8. The number of esters is 1. The van der Waals surface area contributed by atoms with Crippen LogP contribution in [-0.2, 0) is 30.2 Å². The van der Waals surface area contributed by atoms with Gasteiger partial charge in [0.05, 0.1) is 19.8 Å². The highest BCUT2D eigenvalue weighted by Crippen LogP contribution is 2.39. The first-order valence-electron chi connectivity index (χ1n) is 14.0. The smallest absolute Gasteiger partial charge is 0.331 e.